The molecule has 0 saturated heterocycles. The van der Waals surface area contributed by atoms with Crippen molar-refractivity contribution in [1.29, 1.82) is 0 Å². The van der Waals surface area contributed by atoms with Gasteiger partial charge in [-0.05, 0) is 48.4 Å². The zero-order chi connectivity index (χ0) is 14.5. The lowest BCUT2D eigenvalue weighted by atomic mass is 9.98. The number of hydrogen-bond acceptors (Lipinski definition) is 1. The first-order valence-electron chi connectivity index (χ1n) is 6.55. The summed E-state index contributed by atoms with van der Waals surface area (Å²) < 4.78 is 26.5. The van der Waals surface area contributed by atoms with Gasteiger partial charge in [0.2, 0.25) is 0 Å². The molecule has 1 N–H and O–H groups in total. The molecule has 0 heterocycles. The molecule has 0 aromatic heterocycles. The molecular weight excluding hydrogens is 280 g/mol. The van der Waals surface area contributed by atoms with Crippen LogP contribution < -0.4 is 5.32 Å². The van der Waals surface area contributed by atoms with Crippen LogP contribution in [0.2, 0.25) is 5.02 Å². The Kier molecular flexibility index (Phi) is 5.10. The molecule has 106 valence electrons. The van der Waals surface area contributed by atoms with E-state index in [9.17, 15) is 8.78 Å². The molecule has 0 bridgehead atoms. The molecular formula is C16H16ClF2N. The fraction of sp³-hybridized carbons (Fsp3) is 0.250. The summed E-state index contributed by atoms with van der Waals surface area (Å²) in [6.45, 7) is 2.82. The third-order valence-corrected chi connectivity index (χ3v) is 3.29. The van der Waals surface area contributed by atoms with Crippen LogP contribution in [0.4, 0.5) is 8.78 Å². The van der Waals surface area contributed by atoms with Gasteiger partial charge in [-0.2, -0.15) is 0 Å². The van der Waals surface area contributed by atoms with Gasteiger partial charge in [0.15, 0.2) is 11.6 Å². The molecule has 0 fully saturated rings. The lowest BCUT2D eigenvalue weighted by molar-refractivity contribution is 0.503. The fourth-order valence-corrected chi connectivity index (χ4v) is 2.29. The average Bonchev–Trinajstić information content (AvgIpc) is 2.43. The van der Waals surface area contributed by atoms with Crippen molar-refractivity contribution in [3.05, 3.63) is 70.2 Å². The molecule has 0 aliphatic rings. The van der Waals surface area contributed by atoms with Crippen LogP contribution in [0.5, 0.6) is 0 Å². The Bertz CT molecular complexity index is 586. The van der Waals surface area contributed by atoms with E-state index in [1.165, 1.54) is 6.07 Å². The van der Waals surface area contributed by atoms with Gasteiger partial charge >= 0.3 is 0 Å². The van der Waals surface area contributed by atoms with Crippen molar-refractivity contribution in [3.8, 4) is 0 Å². The number of benzene rings is 2. The van der Waals surface area contributed by atoms with E-state index in [-0.39, 0.29) is 6.04 Å². The van der Waals surface area contributed by atoms with Crippen molar-refractivity contribution in [2.45, 2.75) is 19.4 Å². The fourth-order valence-electron chi connectivity index (χ4n) is 2.09. The third-order valence-electron chi connectivity index (χ3n) is 3.06. The van der Waals surface area contributed by atoms with Gasteiger partial charge in [-0.15, -0.1) is 0 Å². The molecule has 0 aliphatic heterocycles. The van der Waals surface area contributed by atoms with Crippen LogP contribution in [-0.4, -0.2) is 6.54 Å². The SMILES string of the molecule is CCCNC(c1cccc(Cl)c1)c1ccc(F)c(F)c1. The Balaban J connectivity index is 2.38. The zero-order valence-electron chi connectivity index (χ0n) is 11.2. The number of rotatable bonds is 5. The van der Waals surface area contributed by atoms with Gasteiger partial charge in [0, 0.05) is 5.02 Å². The monoisotopic (exact) mass is 295 g/mol. The Labute approximate surface area is 122 Å². The molecule has 1 unspecified atom stereocenters. The summed E-state index contributed by atoms with van der Waals surface area (Å²) in [6.07, 6.45) is 0.945. The summed E-state index contributed by atoms with van der Waals surface area (Å²) in [6, 6.07) is 11.1. The molecule has 1 atom stereocenters. The van der Waals surface area contributed by atoms with E-state index in [0.717, 1.165) is 24.6 Å². The van der Waals surface area contributed by atoms with Gasteiger partial charge in [-0.3, -0.25) is 0 Å². The Morgan fingerprint density at radius 3 is 2.45 bits per heavy atom. The van der Waals surface area contributed by atoms with Gasteiger partial charge in [0.05, 0.1) is 6.04 Å². The van der Waals surface area contributed by atoms with E-state index in [0.29, 0.717) is 10.6 Å². The van der Waals surface area contributed by atoms with Gasteiger partial charge in [-0.1, -0.05) is 36.7 Å². The quantitative estimate of drug-likeness (QED) is 0.842. The molecule has 1 nitrogen and oxygen atoms in total. The summed E-state index contributed by atoms with van der Waals surface area (Å²) in [4.78, 5) is 0. The second-order valence-electron chi connectivity index (χ2n) is 4.62. The second kappa shape index (κ2) is 6.82. The Morgan fingerprint density at radius 2 is 1.80 bits per heavy atom. The summed E-state index contributed by atoms with van der Waals surface area (Å²) in [5.41, 5.74) is 1.61. The molecule has 2 aromatic rings. The van der Waals surface area contributed by atoms with E-state index in [2.05, 4.69) is 5.32 Å². The lowest BCUT2D eigenvalue weighted by Crippen LogP contribution is -2.23. The largest absolute Gasteiger partial charge is 0.306 e. The molecule has 0 saturated carbocycles. The minimum absolute atomic E-state index is 0.205. The molecule has 0 radical (unpaired) electrons. The normalized spacial score (nSPS) is 12.4. The van der Waals surface area contributed by atoms with E-state index in [1.807, 2.05) is 25.1 Å². The van der Waals surface area contributed by atoms with Crippen molar-refractivity contribution in [2.24, 2.45) is 0 Å². The Morgan fingerprint density at radius 1 is 1.05 bits per heavy atom. The Hall–Kier alpha value is -1.45. The lowest BCUT2D eigenvalue weighted by Gasteiger charge is -2.20. The maximum Gasteiger partial charge on any atom is 0.159 e. The number of hydrogen-bond donors (Lipinski definition) is 1. The summed E-state index contributed by atoms with van der Waals surface area (Å²) in [5.74, 6) is -1.68. The van der Waals surface area contributed by atoms with Crippen LogP contribution >= 0.6 is 11.6 Å². The maximum atomic E-state index is 13.4. The minimum atomic E-state index is -0.840. The zero-order valence-corrected chi connectivity index (χ0v) is 11.9. The van der Waals surface area contributed by atoms with E-state index in [4.69, 9.17) is 11.6 Å². The summed E-state index contributed by atoms with van der Waals surface area (Å²) in [5, 5.41) is 3.95. The molecule has 0 aliphatic carbocycles. The first kappa shape index (κ1) is 14.9. The first-order chi connectivity index (χ1) is 9.61. The topological polar surface area (TPSA) is 12.0 Å². The number of halogens is 3. The van der Waals surface area contributed by atoms with E-state index in [1.54, 1.807) is 12.1 Å². The van der Waals surface area contributed by atoms with Gasteiger partial charge in [0.25, 0.3) is 0 Å². The first-order valence-corrected chi connectivity index (χ1v) is 6.93. The third kappa shape index (κ3) is 3.56. The molecule has 0 amide bonds. The minimum Gasteiger partial charge on any atom is -0.306 e. The molecule has 0 spiro atoms. The van der Waals surface area contributed by atoms with E-state index >= 15 is 0 Å². The smallest absolute Gasteiger partial charge is 0.159 e. The summed E-state index contributed by atoms with van der Waals surface area (Å²) in [7, 11) is 0. The maximum absolute atomic E-state index is 13.4. The average molecular weight is 296 g/mol. The second-order valence-corrected chi connectivity index (χ2v) is 5.05. The highest BCUT2D eigenvalue weighted by molar-refractivity contribution is 6.30. The van der Waals surface area contributed by atoms with Gasteiger partial charge in [0.1, 0.15) is 0 Å². The van der Waals surface area contributed by atoms with Gasteiger partial charge in [-0.25, -0.2) is 8.78 Å². The molecule has 2 rings (SSSR count). The molecule has 20 heavy (non-hydrogen) atoms. The van der Waals surface area contributed by atoms with Gasteiger partial charge < -0.3 is 5.32 Å². The van der Waals surface area contributed by atoms with Crippen molar-refractivity contribution in [3.63, 3.8) is 0 Å². The van der Waals surface area contributed by atoms with Crippen molar-refractivity contribution < 1.29 is 8.78 Å². The highest BCUT2D eigenvalue weighted by Crippen LogP contribution is 2.25. The standard InChI is InChI=1S/C16H16ClF2N/c1-2-8-20-16(11-4-3-5-13(17)9-11)12-6-7-14(18)15(19)10-12/h3-7,9-10,16,20H,2,8H2,1H3. The highest BCUT2D eigenvalue weighted by Gasteiger charge is 2.15. The van der Waals surface area contributed by atoms with Crippen LogP contribution in [0.1, 0.15) is 30.5 Å². The summed E-state index contributed by atoms with van der Waals surface area (Å²) >= 11 is 6.01. The van der Waals surface area contributed by atoms with Crippen LogP contribution in [0.15, 0.2) is 42.5 Å². The highest BCUT2D eigenvalue weighted by atomic mass is 35.5. The van der Waals surface area contributed by atoms with E-state index < -0.39 is 11.6 Å². The van der Waals surface area contributed by atoms with Crippen molar-refractivity contribution in [1.82, 2.24) is 5.32 Å². The van der Waals surface area contributed by atoms with Crippen LogP contribution in [-0.2, 0) is 0 Å². The van der Waals surface area contributed by atoms with Crippen molar-refractivity contribution >= 4 is 11.6 Å². The van der Waals surface area contributed by atoms with Crippen LogP contribution in [0.25, 0.3) is 0 Å². The predicted octanol–water partition coefficient (Wildman–Crippen LogP) is 4.71. The van der Waals surface area contributed by atoms with Crippen molar-refractivity contribution in [2.75, 3.05) is 6.54 Å². The van der Waals surface area contributed by atoms with Crippen LogP contribution in [0.3, 0.4) is 0 Å². The predicted molar refractivity (Wildman–Crippen MR) is 77.9 cm³/mol. The number of nitrogens with one attached hydrogen (secondary N) is 1. The molecule has 2 aromatic carbocycles. The van der Waals surface area contributed by atoms with Crippen LogP contribution in [0, 0.1) is 11.6 Å². The molecule has 4 heteroatoms.